The van der Waals surface area contributed by atoms with Crippen LogP contribution in [0.5, 0.6) is 5.75 Å². The van der Waals surface area contributed by atoms with Gasteiger partial charge in [0.05, 0.1) is 6.33 Å². The summed E-state index contributed by atoms with van der Waals surface area (Å²) >= 11 is 5.90. The van der Waals surface area contributed by atoms with Crippen molar-refractivity contribution in [1.29, 1.82) is 0 Å². The number of benzene rings is 1. The zero-order valence-corrected chi connectivity index (χ0v) is 12.7. The first-order valence-electron chi connectivity index (χ1n) is 6.54. The van der Waals surface area contributed by atoms with Gasteiger partial charge in [-0.25, -0.2) is 4.98 Å². The summed E-state index contributed by atoms with van der Waals surface area (Å²) in [6.07, 6.45) is 4.01. The number of ether oxygens (including phenoxy) is 1. The Bertz CT molecular complexity index is 594. The van der Waals surface area contributed by atoms with E-state index in [4.69, 9.17) is 22.1 Å². The molecule has 0 saturated carbocycles. The molecule has 2 aromatic rings. The van der Waals surface area contributed by atoms with Crippen molar-refractivity contribution in [2.75, 3.05) is 11.6 Å². The van der Waals surface area contributed by atoms with E-state index in [0.29, 0.717) is 11.4 Å². The number of aromatic nitrogens is 2. The number of imidazole rings is 1. The van der Waals surface area contributed by atoms with Gasteiger partial charge in [-0.15, -0.1) is 11.6 Å². The summed E-state index contributed by atoms with van der Waals surface area (Å²) in [6, 6.07) is 6.88. The fourth-order valence-electron chi connectivity index (χ4n) is 1.73. The van der Waals surface area contributed by atoms with Gasteiger partial charge < -0.3 is 10.5 Å². The van der Waals surface area contributed by atoms with E-state index in [1.165, 1.54) is 0 Å². The lowest BCUT2D eigenvalue weighted by Crippen LogP contribution is -2.36. The second kappa shape index (κ2) is 6.18. The van der Waals surface area contributed by atoms with Gasteiger partial charge in [0.15, 0.2) is 0 Å². The highest BCUT2D eigenvalue weighted by molar-refractivity contribution is 6.20. The third kappa shape index (κ3) is 3.55. The van der Waals surface area contributed by atoms with Crippen LogP contribution in [-0.2, 0) is 4.79 Å². The zero-order valence-electron chi connectivity index (χ0n) is 12.0. The minimum atomic E-state index is -0.815. The summed E-state index contributed by atoms with van der Waals surface area (Å²) in [7, 11) is 0. The molecular weight excluding hydrogens is 290 g/mol. The van der Waals surface area contributed by atoms with E-state index >= 15 is 0 Å². The molecule has 5 nitrogen and oxygen atoms in total. The van der Waals surface area contributed by atoms with Crippen molar-refractivity contribution in [3.8, 4) is 5.75 Å². The number of hydrogen-bond acceptors (Lipinski definition) is 4. The molecule has 0 spiro atoms. The Hall–Kier alpha value is -2.01. The lowest BCUT2D eigenvalue weighted by atomic mass is 9.89. The van der Waals surface area contributed by atoms with Gasteiger partial charge >= 0.3 is 0 Å². The van der Waals surface area contributed by atoms with Gasteiger partial charge in [-0.05, 0) is 24.3 Å². The molecule has 1 aromatic heterocycles. The topological polar surface area (TPSA) is 70.1 Å². The van der Waals surface area contributed by atoms with Gasteiger partial charge in [0.25, 0.3) is 0 Å². The molecule has 1 heterocycles. The third-order valence-corrected chi connectivity index (χ3v) is 3.82. The van der Waals surface area contributed by atoms with E-state index in [1.54, 1.807) is 61.4 Å². The number of nitrogen functional groups attached to an aromatic ring is 1. The Labute approximate surface area is 128 Å². The highest BCUT2D eigenvalue weighted by Gasteiger charge is 2.35. The van der Waals surface area contributed by atoms with Crippen LogP contribution in [0.15, 0.2) is 43.0 Å². The number of Topliss-reactive ketones (excluding diaryl/α,β-unsaturated/α-hetero) is 1. The third-order valence-electron chi connectivity index (χ3n) is 3.15. The van der Waals surface area contributed by atoms with Crippen molar-refractivity contribution in [2.45, 2.75) is 20.1 Å². The molecule has 0 aliphatic carbocycles. The Kier molecular flexibility index (Phi) is 4.53. The van der Waals surface area contributed by atoms with Crippen LogP contribution in [-0.4, -0.2) is 21.2 Å². The van der Waals surface area contributed by atoms with E-state index in [2.05, 4.69) is 4.98 Å². The quantitative estimate of drug-likeness (QED) is 0.658. The predicted molar refractivity (Wildman–Crippen MR) is 82.3 cm³/mol. The number of anilines is 1. The first-order valence-corrected chi connectivity index (χ1v) is 7.07. The molecule has 2 rings (SSSR count). The van der Waals surface area contributed by atoms with Crippen molar-refractivity contribution in [1.82, 2.24) is 9.55 Å². The number of carbonyl (C=O) groups excluding carboxylic acids is 1. The second-order valence-corrected chi connectivity index (χ2v) is 5.70. The number of hydrogen-bond donors (Lipinski definition) is 1. The average Bonchev–Trinajstić information content (AvgIpc) is 3.00. The monoisotopic (exact) mass is 307 g/mol. The van der Waals surface area contributed by atoms with Gasteiger partial charge in [0.2, 0.25) is 12.0 Å². The maximum absolute atomic E-state index is 12.7. The predicted octanol–water partition coefficient (Wildman–Crippen LogP) is 2.88. The van der Waals surface area contributed by atoms with E-state index in [0.717, 1.165) is 0 Å². The Balaban J connectivity index is 2.29. The summed E-state index contributed by atoms with van der Waals surface area (Å²) in [6.45, 7) is 3.58. The summed E-state index contributed by atoms with van der Waals surface area (Å²) in [5.41, 5.74) is 5.58. The van der Waals surface area contributed by atoms with Gasteiger partial charge in [0, 0.05) is 29.4 Å². The molecule has 1 aromatic carbocycles. The fourth-order valence-corrected chi connectivity index (χ4v) is 1.87. The van der Waals surface area contributed by atoms with Crippen LogP contribution in [0, 0.1) is 5.41 Å². The lowest BCUT2D eigenvalue weighted by molar-refractivity contribution is -0.137. The molecule has 21 heavy (non-hydrogen) atoms. The van der Waals surface area contributed by atoms with E-state index in [9.17, 15) is 4.79 Å². The first-order chi connectivity index (χ1) is 9.94. The first kappa shape index (κ1) is 15.4. The molecule has 0 aliphatic heterocycles. The summed E-state index contributed by atoms with van der Waals surface area (Å²) in [5.74, 6) is 0.649. The molecule has 112 valence electrons. The summed E-state index contributed by atoms with van der Waals surface area (Å²) in [4.78, 5) is 16.6. The molecule has 2 N–H and O–H groups in total. The molecule has 1 unspecified atom stereocenters. The molecule has 0 amide bonds. The van der Waals surface area contributed by atoms with Gasteiger partial charge in [-0.1, -0.05) is 13.8 Å². The van der Waals surface area contributed by atoms with Crippen LogP contribution in [0.2, 0.25) is 0 Å². The molecule has 0 aliphatic rings. The van der Waals surface area contributed by atoms with Crippen molar-refractivity contribution in [3.05, 3.63) is 43.0 Å². The normalized spacial score (nSPS) is 12.9. The van der Waals surface area contributed by atoms with Crippen LogP contribution >= 0.6 is 11.6 Å². The number of carbonyl (C=O) groups is 1. The number of halogens is 1. The van der Waals surface area contributed by atoms with Gasteiger partial charge in [-0.2, -0.15) is 0 Å². The number of ketones is 1. The van der Waals surface area contributed by atoms with Crippen LogP contribution in [0.25, 0.3) is 0 Å². The maximum atomic E-state index is 12.7. The number of alkyl halides is 1. The van der Waals surface area contributed by atoms with E-state index in [1.807, 2.05) is 0 Å². The van der Waals surface area contributed by atoms with Crippen LogP contribution < -0.4 is 10.5 Å². The van der Waals surface area contributed by atoms with Gasteiger partial charge in [-0.3, -0.25) is 9.36 Å². The Morgan fingerprint density at radius 1 is 1.43 bits per heavy atom. The van der Waals surface area contributed by atoms with E-state index < -0.39 is 11.6 Å². The summed E-state index contributed by atoms with van der Waals surface area (Å²) in [5, 5.41) is 0. The number of rotatable bonds is 6. The molecule has 0 saturated heterocycles. The standard InChI is InChI=1S/C15H18ClN3O2/c1-15(2,9-16)13(20)14(19-8-7-18-10-19)21-12-5-3-11(17)4-6-12/h3-8,10,14H,9,17H2,1-2H3. The van der Waals surface area contributed by atoms with Crippen molar-refractivity contribution in [2.24, 2.45) is 5.41 Å². The lowest BCUT2D eigenvalue weighted by Gasteiger charge is -2.27. The van der Waals surface area contributed by atoms with Crippen molar-refractivity contribution in [3.63, 3.8) is 0 Å². The average molecular weight is 308 g/mol. The smallest absolute Gasteiger partial charge is 0.236 e. The number of nitrogens with two attached hydrogens (primary N) is 1. The van der Waals surface area contributed by atoms with Crippen LogP contribution in [0.1, 0.15) is 20.1 Å². The highest BCUT2D eigenvalue weighted by Crippen LogP contribution is 2.28. The SMILES string of the molecule is CC(C)(CCl)C(=O)C(Oc1ccc(N)cc1)n1ccnc1. The van der Waals surface area contributed by atoms with Crippen LogP contribution in [0.3, 0.4) is 0 Å². The van der Waals surface area contributed by atoms with Crippen molar-refractivity contribution < 1.29 is 9.53 Å². The van der Waals surface area contributed by atoms with Crippen molar-refractivity contribution >= 4 is 23.1 Å². The van der Waals surface area contributed by atoms with Crippen LogP contribution in [0.4, 0.5) is 5.69 Å². The maximum Gasteiger partial charge on any atom is 0.236 e. The highest BCUT2D eigenvalue weighted by atomic mass is 35.5. The number of nitrogens with zero attached hydrogens (tertiary/aromatic N) is 2. The zero-order chi connectivity index (χ0) is 15.5. The Morgan fingerprint density at radius 2 is 2.10 bits per heavy atom. The van der Waals surface area contributed by atoms with Gasteiger partial charge in [0.1, 0.15) is 5.75 Å². The van der Waals surface area contributed by atoms with E-state index in [-0.39, 0.29) is 11.7 Å². The molecule has 6 heteroatoms. The molecule has 1 atom stereocenters. The fraction of sp³-hybridized carbons (Fsp3) is 0.333. The molecule has 0 fully saturated rings. The largest absolute Gasteiger partial charge is 0.463 e. The molecule has 0 radical (unpaired) electrons. The minimum Gasteiger partial charge on any atom is -0.463 e. The second-order valence-electron chi connectivity index (χ2n) is 5.43. The Morgan fingerprint density at radius 3 is 2.62 bits per heavy atom. The minimum absolute atomic E-state index is 0.118. The summed E-state index contributed by atoms with van der Waals surface area (Å²) < 4.78 is 7.44. The molecular formula is C15H18ClN3O2. The molecule has 0 bridgehead atoms.